The summed E-state index contributed by atoms with van der Waals surface area (Å²) in [6.07, 6.45) is 6.27. The van der Waals surface area contributed by atoms with Gasteiger partial charge in [0.15, 0.2) is 5.69 Å². The zero-order valence-electron chi connectivity index (χ0n) is 10.6. The molecule has 0 aromatic carbocycles. The summed E-state index contributed by atoms with van der Waals surface area (Å²) in [7, 11) is 0. The van der Waals surface area contributed by atoms with E-state index in [2.05, 4.69) is 9.97 Å². The second-order valence-corrected chi connectivity index (χ2v) is 5.46. The third-order valence-electron chi connectivity index (χ3n) is 4.14. The first-order chi connectivity index (χ1) is 9.10. The molecular formula is C13H17N3O3. The summed E-state index contributed by atoms with van der Waals surface area (Å²) in [6, 6.07) is 0. The third kappa shape index (κ3) is 2.28. The van der Waals surface area contributed by atoms with Gasteiger partial charge in [0.1, 0.15) is 0 Å². The minimum Gasteiger partial charge on any atom is -0.390 e. The molecule has 1 atom stereocenters. The van der Waals surface area contributed by atoms with Crippen molar-refractivity contribution in [1.29, 1.82) is 0 Å². The Morgan fingerprint density at radius 2 is 2.32 bits per heavy atom. The maximum atomic E-state index is 12.3. The zero-order chi connectivity index (χ0) is 13.5. The molecule has 1 aromatic rings. The molecule has 1 aliphatic heterocycles. The maximum absolute atomic E-state index is 12.3. The molecule has 19 heavy (non-hydrogen) atoms. The normalized spacial score (nSPS) is 25.1. The molecule has 0 bridgehead atoms. The van der Waals surface area contributed by atoms with Crippen LogP contribution in [-0.4, -0.2) is 44.6 Å². The van der Waals surface area contributed by atoms with E-state index in [9.17, 15) is 14.7 Å². The van der Waals surface area contributed by atoms with Crippen LogP contribution in [0, 0.1) is 5.92 Å². The molecule has 1 unspecified atom stereocenters. The van der Waals surface area contributed by atoms with Crippen LogP contribution in [0.15, 0.2) is 17.2 Å². The van der Waals surface area contributed by atoms with E-state index in [1.165, 1.54) is 12.4 Å². The molecule has 3 rings (SSSR count). The predicted octanol–water partition coefficient (Wildman–Crippen LogP) is 0.147. The van der Waals surface area contributed by atoms with Crippen molar-refractivity contribution in [3.8, 4) is 0 Å². The minimum absolute atomic E-state index is 0.0639. The highest BCUT2D eigenvalue weighted by molar-refractivity contribution is 5.91. The van der Waals surface area contributed by atoms with Crippen molar-refractivity contribution in [1.82, 2.24) is 14.9 Å². The van der Waals surface area contributed by atoms with Crippen LogP contribution < -0.4 is 5.56 Å². The summed E-state index contributed by atoms with van der Waals surface area (Å²) >= 11 is 0. The van der Waals surface area contributed by atoms with Gasteiger partial charge >= 0.3 is 0 Å². The molecule has 6 heteroatoms. The van der Waals surface area contributed by atoms with E-state index in [4.69, 9.17) is 0 Å². The quantitative estimate of drug-likeness (QED) is 0.795. The molecule has 2 heterocycles. The lowest BCUT2D eigenvalue weighted by molar-refractivity contribution is 0.0278. The first-order valence-corrected chi connectivity index (χ1v) is 6.65. The number of nitrogens with one attached hydrogen (secondary N) is 1. The summed E-state index contributed by atoms with van der Waals surface area (Å²) in [4.78, 5) is 31.8. The first kappa shape index (κ1) is 12.3. The highest BCUT2D eigenvalue weighted by Gasteiger charge is 2.49. The number of amides is 1. The van der Waals surface area contributed by atoms with Crippen molar-refractivity contribution in [3.05, 3.63) is 28.4 Å². The Balaban J connectivity index is 1.77. The molecule has 1 amide bonds. The van der Waals surface area contributed by atoms with Crippen molar-refractivity contribution >= 4 is 5.91 Å². The number of H-pyrrole nitrogens is 1. The van der Waals surface area contributed by atoms with Crippen LogP contribution in [0.2, 0.25) is 0 Å². The van der Waals surface area contributed by atoms with Crippen molar-refractivity contribution < 1.29 is 9.90 Å². The van der Waals surface area contributed by atoms with Gasteiger partial charge in [-0.3, -0.25) is 9.59 Å². The molecule has 2 N–H and O–H groups in total. The standard InChI is InChI=1S/C13H17N3O3/c17-11-10(14-5-6-15-11)12(18)16-7-1-2-9(8-16)13(19)3-4-13/h5-6,9,19H,1-4,7-8H2,(H,15,17). The van der Waals surface area contributed by atoms with Crippen molar-refractivity contribution in [3.63, 3.8) is 0 Å². The number of carbonyl (C=O) groups is 1. The Morgan fingerprint density at radius 1 is 1.53 bits per heavy atom. The fourth-order valence-electron chi connectivity index (χ4n) is 2.79. The third-order valence-corrected chi connectivity index (χ3v) is 4.14. The molecule has 6 nitrogen and oxygen atoms in total. The number of piperidine rings is 1. The average Bonchev–Trinajstić information content (AvgIpc) is 3.18. The second kappa shape index (κ2) is 4.45. The molecule has 1 aromatic heterocycles. The van der Waals surface area contributed by atoms with Crippen LogP contribution in [0.1, 0.15) is 36.2 Å². The largest absolute Gasteiger partial charge is 0.390 e. The number of aromatic nitrogens is 2. The van der Waals surface area contributed by atoms with Gasteiger partial charge in [-0.25, -0.2) is 4.98 Å². The van der Waals surface area contributed by atoms with Crippen molar-refractivity contribution in [2.45, 2.75) is 31.3 Å². The van der Waals surface area contributed by atoms with E-state index in [0.29, 0.717) is 13.1 Å². The Hall–Kier alpha value is -1.69. The number of carbonyl (C=O) groups excluding carboxylic acids is 1. The number of nitrogens with zero attached hydrogens (tertiary/aromatic N) is 2. The van der Waals surface area contributed by atoms with Gasteiger partial charge in [-0.2, -0.15) is 0 Å². The fourth-order valence-corrected chi connectivity index (χ4v) is 2.79. The maximum Gasteiger partial charge on any atom is 0.279 e. The zero-order valence-corrected chi connectivity index (χ0v) is 10.6. The van der Waals surface area contributed by atoms with Crippen molar-refractivity contribution in [2.75, 3.05) is 13.1 Å². The molecule has 1 saturated carbocycles. The monoisotopic (exact) mass is 263 g/mol. The summed E-state index contributed by atoms with van der Waals surface area (Å²) in [6.45, 7) is 1.15. The SMILES string of the molecule is O=C(c1ncc[nH]c1=O)N1CCCC(C2(O)CC2)C1. The molecule has 0 radical (unpaired) electrons. The smallest absolute Gasteiger partial charge is 0.279 e. The minimum atomic E-state index is -0.574. The molecule has 2 aliphatic rings. The first-order valence-electron chi connectivity index (χ1n) is 6.65. The lowest BCUT2D eigenvalue weighted by Crippen LogP contribution is -2.45. The van der Waals surface area contributed by atoms with Gasteiger partial charge in [-0.1, -0.05) is 0 Å². The van der Waals surface area contributed by atoms with Gasteiger partial charge in [-0.15, -0.1) is 0 Å². The Morgan fingerprint density at radius 3 is 3.00 bits per heavy atom. The van der Waals surface area contributed by atoms with E-state index in [1.54, 1.807) is 4.90 Å². The molecular weight excluding hydrogens is 246 g/mol. The molecule has 1 saturated heterocycles. The molecule has 102 valence electrons. The van der Waals surface area contributed by atoms with Gasteiger partial charge in [0, 0.05) is 31.4 Å². The Labute approximate surface area is 110 Å². The summed E-state index contributed by atoms with van der Waals surface area (Å²) < 4.78 is 0. The van der Waals surface area contributed by atoms with Gasteiger partial charge in [0.05, 0.1) is 5.60 Å². The number of hydrogen-bond donors (Lipinski definition) is 2. The summed E-state index contributed by atoms with van der Waals surface area (Å²) in [5, 5.41) is 10.2. The van der Waals surface area contributed by atoms with E-state index in [-0.39, 0.29) is 17.5 Å². The molecule has 2 fully saturated rings. The highest BCUT2D eigenvalue weighted by Crippen LogP contribution is 2.45. The Kier molecular flexibility index (Phi) is 2.89. The van der Waals surface area contributed by atoms with Crippen LogP contribution in [0.3, 0.4) is 0 Å². The van der Waals surface area contributed by atoms with Crippen LogP contribution in [0.5, 0.6) is 0 Å². The number of hydrogen-bond acceptors (Lipinski definition) is 4. The van der Waals surface area contributed by atoms with E-state index in [1.807, 2.05) is 0 Å². The fraction of sp³-hybridized carbons (Fsp3) is 0.615. The van der Waals surface area contributed by atoms with Crippen LogP contribution in [0.25, 0.3) is 0 Å². The predicted molar refractivity (Wildman–Crippen MR) is 67.7 cm³/mol. The van der Waals surface area contributed by atoms with Crippen LogP contribution in [-0.2, 0) is 0 Å². The Bertz CT molecular complexity index is 550. The van der Waals surface area contributed by atoms with Crippen molar-refractivity contribution in [2.24, 2.45) is 5.92 Å². The summed E-state index contributed by atoms with van der Waals surface area (Å²) in [5.74, 6) is -0.205. The average molecular weight is 263 g/mol. The number of aromatic amines is 1. The number of likely N-dealkylation sites (tertiary alicyclic amines) is 1. The van der Waals surface area contributed by atoms with Gasteiger partial charge < -0.3 is 15.0 Å². The van der Waals surface area contributed by atoms with Gasteiger partial charge in [0.25, 0.3) is 11.5 Å². The summed E-state index contributed by atoms with van der Waals surface area (Å²) in [5.41, 5.74) is -1.10. The van der Waals surface area contributed by atoms with Crippen LogP contribution >= 0.6 is 0 Å². The number of aliphatic hydroxyl groups is 1. The van der Waals surface area contributed by atoms with Gasteiger partial charge in [-0.05, 0) is 25.7 Å². The van der Waals surface area contributed by atoms with E-state index >= 15 is 0 Å². The van der Waals surface area contributed by atoms with Crippen LogP contribution in [0.4, 0.5) is 0 Å². The molecule has 1 aliphatic carbocycles. The van der Waals surface area contributed by atoms with Gasteiger partial charge in [0.2, 0.25) is 0 Å². The molecule has 0 spiro atoms. The lowest BCUT2D eigenvalue weighted by atomic mass is 9.90. The van der Waals surface area contributed by atoms with E-state index in [0.717, 1.165) is 25.7 Å². The lowest BCUT2D eigenvalue weighted by Gasteiger charge is -2.35. The van der Waals surface area contributed by atoms with E-state index < -0.39 is 11.2 Å². The highest BCUT2D eigenvalue weighted by atomic mass is 16.3. The second-order valence-electron chi connectivity index (χ2n) is 5.46. The topological polar surface area (TPSA) is 86.3 Å². The number of rotatable bonds is 2.